The first-order valence-corrected chi connectivity index (χ1v) is 17.7. The van der Waals surface area contributed by atoms with Crippen LogP contribution in [-0.4, -0.2) is 119 Å². The van der Waals surface area contributed by atoms with Gasteiger partial charge in [-0.05, 0) is 71.7 Å². The van der Waals surface area contributed by atoms with Crippen molar-refractivity contribution in [2.45, 2.75) is 142 Å². The Labute approximate surface area is 284 Å². The van der Waals surface area contributed by atoms with Crippen LogP contribution >= 0.6 is 0 Å². The van der Waals surface area contributed by atoms with Gasteiger partial charge in [0, 0.05) is 39.0 Å². The number of aliphatic hydroxyl groups is 3. The molecule has 2 aliphatic rings. The monoisotopic (exact) mass is 666 g/mol. The van der Waals surface area contributed by atoms with Crippen LogP contribution in [0, 0.1) is 11.8 Å². The molecular formula is C37H66N2O8. The normalized spacial score (nSPS) is 32.8. The molecule has 0 bridgehead atoms. The minimum atomic E-state index is -1.11. The quantitative estimate of drug-likeness (QED) is 0.0655. The van der Waals surface area contributed by atoms with Gasteiger partial charge in [0.15, 0.2) is 0 Å². The van der Waals surface area contributed by atoms with Crippen LogP contribution in [0.25, 0.3) is 0 Å². The second-order valence-corrected chi connectivity index (χ2v) is 14.1. The molecule has 0 aromatic rings. The van der Waals surface area contributed by atoms with E-state index in [4.69, 9.17) is 19.0 Å². The summed E-state index contributed by atoms with van der Waals surface area (Å²) >= 11 is 0. The van der Waals surface area contributed by atoms with Gasteiger partial charge in [-0.3, -0.25) is 9.63 Å². The van der Waals surface area contributed by atoms with Gasteiger partial charge in [-0.15, -0.1) is 0 Å². The number of hydrogen-bond donors (Lipinski definition) is 3. The maximum Gasteiger partial charge on any atom is 0.309 e. The smallest absolute Gasteiger partial charge is 0.309 e. The molecule has 0 saturated carbocycles. The second-order valence-electron chi connectivity index (χ2n) is 14.1. The lowest BCUT2D eigenvalue weighted by molar-refractivity contribution is -0.224. The summed E-state index contributed by atoms with van der Waals surface area (Å²) in [5.74, 6) is -0.666. The summed E-state index contributed by atoms with van der Waals surface area (Å²) < 4.78 is 17.7. The Balaban J connectivity index is 2.21. The Kier molecular flexibility index (Phi) is 17.3. The van der Waals surface area contributed by atoms with Gasteiger partial charge >= 0.3 is 5.97 Å². The number of aliphatic hydroxyl groups excluding tert-OH is 2. The van der Waals surface area contributed by atoms with E-state index in [-0.39, 0.29) is 30.5 Å². The van der Waals surface area contributed by atoms with Crippen LogP contribution in [0.5, 0.6) is 0 Å². The summed E-state index contributed by atoms with van der Waals surface area (Å²) in [4.78, 5) is 21.8. The zero-order valence-electron chi connectivity index (χ0n) is 30.9. The summed E-state index contributed by atoms with van der Waals surface area (Å²) in [6.45, 7) is 19.6. The Hall–Kier alpha value is -1.63. The van der Waals surface area contributed by atoms with Gasteiger partial charge in [0.25, 0.3) is 0 Å². The molecule has 0 aromatic carbocycles. The summed E-state index contributed by atoms with van der Waals surface area (Å²) in [7, 11) is 3.59. The largest absolute Gasteiger partial charge is 0.457 e. The van der Waals surface area contributed by atoms with Crippen molar-refractivity contribution in [3.8, 4) is 0 Å². The van der Waals surface area contributed by atoms with Gasteiger partial charge in [-0.25, -0.2) is 0 Å². The van der Waals surface area contributed by atoms with Crippen LogP contribution in [0.1, 0.15) is 93.9 Å². The van der Waals surface area contributed by atoms with Crippen molar-refractivity contribution in [3.05, 3.63) is 36.0 Å². The van der Waals surface area contributed by atoms with E-state index in [9.17, 15) is 20.1 Å². The molecular weight excluding hydrogens is 600 g/mol. The van der Waals surface area contributed by atoms with Crippen molar-refractivity contribution < 1.29 is 39.2 Å². The van der Waals surface area contributed by atoms with E-state index in [0.29, 0.717) is 25.7 Å². The third-order valence-electron chi connectivity index (χ3n) is 9.95. The number of cyclic esters (lactones) is 1. The van der Waals surface area contributed by atoms with Gasteiger partial charge in [0.05, 0.1) is 42.0 Å². The highest BCUT2D eigenvalue weighted by Crippen LogP contribution is 2.37. The predicted molar refractivity (Wildman–Crippen MR) is 186 cm³/mol. The number of nitrogens with zero attached hydrogens (tertiary/aromatic N) is 2. The lowest BCUT2D eigenvalue weighted by Crippen LogP contribution is -2.46. The van der Waals surface area contributed by atoms with Gasteiger partial charge in [-0.1, -0.05) is 65.0 Å². The molecule has 2 rings (SSSR count). The van der Waals surface area contributed by atoms with Gasteiger partial charge < -0.3 is 34.4 Å². The molecule has 10 unspecified atom stereocenters. The van der Waals surface area contributed by atoms with Gasteiger partial charge in [-0.2, -0.15) is 5.06 Å². The molecule has 10 nitrogen and oxygen atoms in total. The Morgan fingerprint density at radius 3 is 2.53 bits per heavy atom. The van der Waals surface area contributed by atoms with E-state index in [1.807, 2.05) is 65.0 Å². The van der Waals surface area contributed by atoms with Gasteiger partial charge in [0.1, 0.15) is 12.2 Å². The number of methoxy groups -OCH3 is 1. The second kappa shape index (κ2) is 19.5. The standard InChI is InChI=1S/C37H66N2O8/c1-11-30(41)28(6)35-31(45-35)25-36(7,43)20-14-16-26(4)34-27(5)17-18-32(47-38(9)22-15-23-39(12-2)13-3)37(8,44-10)21-19-29(40)24-33(42)46-34/h14,16-18,20,27-32,34-35,40-41,43H,11-13,15,19,21-25H2,1-10H3/b18-17+,20-14+,26-16+. The molecule has 0 aromatic heterocycles. The lowest BCUT2D eigenvalue weighted by atomic mass is 9.88. The van der Waals surface area contributed by atoms with Crippen molar-refractivity contribution in [1.29, 1.82) is 0 Å². The highest BCUT2D eigenvalue weighted by atomic mass is 16.7. The summed E-state index contributed by atoms with van der Waals surface area (Å²) in [6.07, 6.45) is 9.65. The zero-order valence-corrected chi connectivity index (χ0v) is 30.9. The fourth-order valence-corrected chi connectivity index (χ4v) is 6.29. The third-order valence-corrected chi connectivity index (χ3v) is 9.95. The number of allylic oxidation sites excluding steroid dienone is 2. The van der Waals surface area contributed by atoms with Crippen LogP contribution in [0.4, 0.5) is 0 Å². The molecule has 0 aliphatic carbocycles. The van der Waals surface area contributed by atoms with Crippen LogP contribution < -0.4 is 0 Å². The van der Waals surface area contributed by atoms with Crippen LogP contribution in [-0.2, 0) is 23.8 Å². The number of hydroxylamine groups is 2. The number of carbonyl (C=O) groups is 1. The van der Waals surface area contributed by atoms with E-state index in [1.165, 1.54) is 0 Å². The first kappa shape index (κ1) is 41.5. The number of ether oxygens (including phenoxy) is 3. The van der Waals surface area contributed by atoms with Crippen molar-refractivity contribution in [1.82, 2.24) is 9.96 Å². The average Bonchev–Trinajstić information content (AvgIpc) is 3.79. The minimum absolute atomic E-state index is 0.0143. The summed E-state index contributed by atoms with van der Waals surface area (Å²) in [6, 6.07) is 0. The molecule has 10 heteroatoms. The number of epoxide rings is 1. The third kappa shape index (κ3) is 13.7. The number of hydrogen-bond acceptors (Lipinski definition) is 10. The van der Waals surface area contributed by atoms with Crippen LogP contribution in [0.15, 0.2) is 36.0 Å². The zero-order chi connectivity index (χ0) is 35.4. The molecule has 47 heavy (non-hydrogen) atoms. The van der Waals surface area contributed by atoms with E-state index >= 15 is 0 Å². The molecule has 2 aliphatic heterocycles. The molecule has 0 spiro atoms. The first-order chi connectivity index (χ1) is 22.1. The fourth-order valence-electron chi connectivity index (χ4n) is 6.29. The summed E-state index contributed by atoms with van der Waals surface area (Å²) in [5.41, 5.74) is -1.05. The number of rotatable bonds is 17. The molecule has 10 atom stereocenters. The molecule has 0 radical (unpaired) electrons. The van der Waals surface area contributed by atoms with Crippen LogP contribution in [0.3, 0.4) is 0 Å². The Morgan fingerprint density at radius 2 is 1.91 bits per heavy atom. The molecule has 1 fully saturated rings. The average molecular weight is 667 g/mol. The predicted octanol–water partition coefficient (Wildman–Crippen LogP) is 4.82. The minimum Gasteiger partial charge on any atom is -0.457 e. The van der Waals surface area contributed by atoms with E-state index in [2.05, 4.69) is 18.7 Å². The van der Waals surface area contributed by atoms with Crippen molar-refractivity contribution in [2.24, 2.45) is 11.8 Å². The molecule has 2 heterocycles. The van der Waals surface area contributed by atoms with Crippen LogP contribution in [0.2, 0.25) is 0 Å². The van der Waals surface area contributed by atoms with Gasteiger partial charge in [0.2, 0.25) is 0 Å². The van der Waals surface area contributed by atoms with Crippen molar-refractivity contribution in [3.63, 3.8) is 0 Å². The van der Waals surface area contributed by atoms with E-state index in [1.54, 1.807) is 26.2 Å². The molecule has 272 valence electrons. The molecule has 1 saturated heterocycles. The highest BCUT2D eigenvalue weighted by Gasteiger charge is 2.47. The Bertz CT molecular complexity index is 1030. The van der Waals surface area contributed by atoms with E-state index < -0.39 is 41.6 Å². The Morgan fingerprint density at radius 1 is 1.23 bits per heavy atom. The van der Waals surface area contributed by atoms with Crippen molar-refractivity contribution in [2.75, 3.05) is 40.3 Å². The maximum absolute atomic E-state index is 12.9. The highest BCUT2D eigenvalue weighted by molar-refractivity contribution is 5.70. The SMILES string of the molecule is CCC(O)C(C)C1OC1CC(C)(O)/C=C/C=C(\C)C1OC(=O)CC(O)CCC(C)(OC)C(ON(C)CCCN(CC)CC)/C=C/C1C. The maximum atomic E-state index is 12.9. The lowest BCUT2D eigenvalue weighted by Gasteiger charge is -2.38. The topological polar surface area (TPSA) is 124 Å². The number of carbonyl (C=O) groups excluding carboxylic acids is 1. The first-order valence-electron chi connectivity index (χ1n) is 17.7. The molecule has 0 amide bonds. The summed E-state index contributed by atoms with van der Waals surface area (Å²) in [5, 5.41) is 33.8. The van der Waals surface area contributed by atoms with E-state index in [0.717, 1.165) is 38.2 Å². The fraction of sp³-hybridized carbons (Fsp3) is 0.811. The molecule has 3 N–H and O–H groups in total. The van der Waals surface area contributed by atoms with Crippen molar-refractivity contribution >= 4 is 5.97 Å². The number of esters is 1.